The molecule has 82 valence electrons. The fraction of sp³-hybridized carbons (Fsp3) is 0.778. The van der Waals surface area contributed by atoms with Crippen LogP contribution in [-0.2, 0) is 4.79 Å². The highest BCUT2D eigenvalue weighted by Crippen LogP contribution is 2.02. The van der Waals surface area contributed by atoms with Gasteiger partial charge in [-0.2, -0.15) is 0 Å². The highest BCUT2D eigenvalue weighted by Gasteiger charge is 2.17. The van der Waals surface area contributed by atoms with Gasteiger partial charge in [-0.05, 0) is 0 Å². The first kappa shape index (κ1) is 13.1. The van der Waals surface area contributed by atoms with Gasteiger partial charge in [-0.1, -0.05) is 0 Å². The van der Waals surface area contributed by atoms with Crippen molar-refractivity contribution in [1.82, 2.24) is 0 Å². The maximum absolute atomic E-state index is 10.2. The largest absolute Gasteiger partial charge is 0.550 e. The summed E-state index contributed by atoms with van der Waals surface area (Å²) in [6.45, 7) is 3.94. The Labute approximate surface area is 83.3 Å². The van der Waals surface area contributed by atoms with Gasteiger partial charge in [0.25, 0.3) is 0 Å². The highest BCUT2D eigenvalue weighted by atomic mass is 16.4. The zero-order valence-corrected chi connectivity index (χ0v) is 8.19. The molecule has 0 unspecified atom stereocenters. The van der Waals surface area contributed by atoms with Crippen molar-refractivity contribution in [1.29, 1.82) is 0 Å². The average Bonchev–Trinajstić information content (AvgIpc) is 2.14. The number of nitrogens with zero attached hydrogens (tertiary/aromatic N) is 1. The zero-order chi connectivity index (χ0) is 11.0. The molecule has 0 rings (SSSR count). The van der Waals surface area contributed by atoms with E-state index in [0.717, 1.165) is 0 Å². The number of aliphatic hydroxyl groups excluding tert-OH is 2. The van der Waals surface area contributed by atoms with Crippen molar-refractivity contribution in [3.8, 4) is 0 Å². The van der Waals surface area contributed by atoms with Gasteiger partial charge in [0.2, 0.25) is 0 Å². The molecule has 0 heterocycles. The number of carboxylic acids is 1. The molecule has 0 aromatic rings. The lowest BCUT2D eigenvalue weighted by Crippen LogP contribution is -2.32. The Hall–Kier alpha value is -0.940. The molecule has 2 N–H and O–H groups in total. The van der Waals surface area contributed by atoms with Crippen LogP contribution in [0.25, 0.3) is 0 Å². The van der Waals surface area contributed by atoms with Crippen molar-refractivity contribution >= 4 is 12.7 Å². The Morgan fingerprint density at radius 3 is 2.21 bits per heavy atom. The quantitative estimate of drug-likeness (QED) is 0.352. The predicted molar refractivity (Wildman–Crippen MR) is 49.1 cm³/mol. The number of aliphatic hydroxyl groups is 2. The summed E-state index contributed by atoms with van der Waals surface area (Å²) in [5.74, 6) is -1.12. The molecule has 0 spiro atoms. The molecular weight excluding hydrogens is 186 g/mol. The van der Waals surface area contributed by atoms with Crippen molar-refractivity contribution in [2.24, 2.45) is 0 Å². The molecule has 0 radical (unpaired) electrons. The molecule has 0 aliphatic heterocycles. The third-order valence-electron chi connectivity index (χ3n) is 2.04. The minimum Gasteiger partial charge on any atom is -0.550 e. The molecule has 0 aliphatic carbocycles. The molecular formula is C9H17NO4. The van der Waals surface area contributed by atoms with E-state index in [0.29, 0.717) is 12.8 Å². The molecule has 5 nitrogen and oxygen atoms in total. The lowest BCUT2D eigenvalue weighted by molar-refractivity contribution is -0.561. The fourth-order valence-corrected chi connectivity index (χ4v) is 1.22. The number of carbonyl (C=O) groups is 1. The Morgan fingerprint density at radius 2 is 1.86 bits per heavy atom. The molecule has 0 aliphatic rings. The van der Waals surface area contributed by atoms with Gasteiger partial charge in [0.15, 0.2) is 6.04 Å². The average molecular weight is 203 g/mol. The van der Waals surface area contributed by atoms with Crippen molar-refractivity contribution in [3.05, 3.63) is 0 Å². The third kappa shape index (κ3) is 5.66. The SMILES string of the molecule is C=[N+](CCC(=O)[O-])C(CCO)CCO. The Morgan fingerprint density at radius 1 is 1.36 bits per heavy atom. The summed E-state index contributed by atoms with van der Waals surface area (Å²) in [5, 5.41) is 27.6. The van der Waals surface area contributed by atoms with Gasteiger partial charge >= 0.3 is 0 Å². The van der Waals surface area contributed by atoms with E-state index in [-0.39, 0.29) is 32.2 Å². The lowest BCUT2D eigenvalue weighted by Gasteiger charge is -2.13. The number of aliphatic carboxylic acids is 1. The molecule has 0 saturated heterocycles. The van der Waals surface area contributed by atoms with Crippen LogP contribution in [-0.4, -0.2) is 53.3 Å². The van der Waals surface area contributed by atoms with Crippen LogP contribution in [0.4, 0.5) is 0 Å². The summed E-state index contributed by atoms with van der Waals surface area (Å²) in [6, 6.07) is -0.0793. The Balaban J connectivity index is 3.94. The maximum atomic E-state index is 10.2. The molecule has 14 heavy (non-hydrogen) atoms. The topological polar surface area (TPSA) is 83.6 Å². The van der Waals surface area contributed by atoms with Crippen LogP contribution in [0.15, 0.2) is 0 Å². The van der Waals surface area contributed by atoms with Gasteiger partial charge in [0.1, 0.15) is 13.3 Å². The molecule has 0 fully saturated rings. The van der Waals surface area contributed by atoms with E-state index in [9.17, 15) is 9.90 Å². The summed E-state index contributed by atoms with van der Waals surface area (Å²) in [6.07, 6.45) is 0.880. The number of hydrogen-bond donors (Lipinski definition) is 2. The molecule has 5 heteroatoms. The number of hydrogen-bond acceptors (Lipinski definition) is 4. The van der Waals surface area contributed by atoms with Crippen LogP contribution in [0, 0.1) is 0 Å². The standard InChI is InChI=1S/C9H17NO4/c1-10(5-2-9(13)14)8(3-6-11)4-7-12/h8,11-12H,1-7H2. The first-order valence-electron chi connectivity index (χ1n) is 4.60. The van der Waals surface area contributed by atoms with E-state index in [4.69, 9.17) is 10.2 Å². The predicted octanol–water partition coefficient (Wildman–Crippen LogP) is -2.03. The van der Waals surface area contributed by atoms with Gasteiger partial charge in [-0.15, -0.1) is 0 Å². The summed E-state index contributed by atoms with van der Waals surface area (Å²) >= 11 is 0. The second-order valence-corrected chi connectivity index (χ2v) is 3.11. The van der Waals surface area contributed by atoms with Crippen molar-refractivity contribution in [2.75, 3.05) is 19.8 Å². The van der Waals surface area contributed by atoms with Gasteiger partial charge in [0, 0.05) is 38.4 Å². The second-order valence-electron chi connectivity index (χ2n) is 3.11. The van der Waals surface area contributed by atoms with E-state index in [1.54, 1.807) is 4.58 Å². The van der Waals surface area contributed by atoms with Crippen molar-refractivity contribution in [3.63, 3.8) is 0 Å². The number of carboxylic acid groups (broad SMARTS) is 1. The fourth-order valence-electron chi connectivity index (χ4n) is 1.22. The monoisotopic (exact) mass is 203 g/mol. The number of rotatable bonds is 8. The van der Waals surface area contributed by atoms with E-state index >= 15 is 0 Å². The Bertz CT molecular complexity index is 187. The van der Waals surface area contributed by atoms with Gasteiger partial charge in [-0.3, -0.25) is 0 Å². The minimum absolute atomic E-state index is 0.00199. The van der Waals surface area contributed by atoms with Gasteiger partial charge in [0.05, 0.1) is 0 Å². The summed E-state index contributed by atoms with van der Waals surface area (Å²) < 4.78 is 1.57. The summed E-state index contributed by atoms with van der Waals surface area (Å²) in [7, 11) is 0. The van der Waals surface area contributed by atoms with Crippen LogP contribution in [0.5, 0.6) is 0 Å². The smallest absolute Gasteiger partial charge is 0.156 e. The van der Waals surface area contributed by atoms with E-state index < -0.39 is 5.97 Å². The van der Waals surface area contributed by atoms with E-state index in [2.05, 4.69) is 6.72 Å². The molecule has 0 atom stereocenters. The van der Waals surface area contributed by atoms with Crippen LogP contribution in [0.3, 0.4) is 0 Å². The molecule has 0 aromatic carbocycles. The zero-order valence-electron chi connectivity index (χ0n) is 8.19. The van der Waals surface area contributed by atoms with Gasteiger partial charge < -0.3 is 20.1 Å². The number of carbonyl (C=O) groups excluding carboxylic acids is 1. The lowest BCUT2D eigenvalue weighted by atomic mass is 10.1. The van der Waals surface area contributed by atoms with Crippen LogP contribution < -0.4 is 5.11 Å². The second kappa shape index (κ2) is 7.46. The first-order chi connectivity index (χ1) is 6.61. The highest BCUT2D eigenvalue weighted by molar-refractivity contribution is 5.64. The van der Waals surface area contributed by atoms with Gasteiger partial charge in [-0.25, -0.2) is 4.58 Å². The molecule has 0 amide bonds. The van der Waals surface area contributed by atoms with Crippen LogP contribution >= 0.6 is 0 Å². The normalized spacial score (nSPS) is 10.5. The van der Waals surface area contributed by atoms with Crippen molar-refractivity contribution < 1.29 is 24.7 Å². The Kier molecular flexibility index (Phi) is 6.96. The molecule has 0 bridgehead atoms. The summed E-state index contributed by atoms with van der Waals surface area (Å²) in [5.41, 5.74) is 0. The summed E-state index contributed by atoms with van der Waals surface area (Å²) in [4.78, 5) is 10.2. The van der Waals surface area contributed by atoms with Crippen LogP contribution in [0.2, 0.25) is 0 Å². The molecule has 0 saturated carbocycles. The molecule has 0 aromatic heterocycles. The first-order valence-corrected chi connectivity index (χ1v) is 4.60. The van der Waals surface area contributed by atoms with Crippen LogP contribution in [0.1, 0.15) is 19.3 Å². The minimum atomic E-state index is -1.12. The van der Waals surface area contributed by atoms with E-state index in [1.807, 2.05) is 0 Å². The van der Waals surface area contributed by atoms with Crippen molar-refractivity contribution in [2.45, 2.75) is 25.3 Å². The van der Waals surface area contributed by atoms with E-state index in [1.165, 1.54) is 0 Å². The third-order valence-corrected chi connectivity index (χ3v) is 2.04. The maximum Gasteiger partial charge on any atom is 0.156 e.